The first-order valence-corrected chi connectivity index (χ1v) is 8.72. The zero-order chi connectivity index (χ0) is 18.5. The lowest BCUT2D eigenvalue weighted by molar-refractivity contribution is 0.103. The Morgan fingerprint density at radius 1 is 0.692 bits per heavy atom. The zero-order valence-electron chi connectivity index (χ0n) is 15.5. The van der Waals surface area contributed by atoms with E-state index in [9.17, 15) is 4.79 Å². The van der Waals surface area contributed by atoms with E-state index in [-0.39, 0.29) is 5.78 Å². The van der Waals surface area contributed by atoms with Crippen LogP contribution in [0, 0.1) is 0 Å². The molecule has 0 aliphatic heterocycles. The van der Waals surface area contributed by atoms with E-state index in [0.717, 1.165) is 17.9 Å². The fourth-order valence-corrected chi connectivity index (χ4v) is 2.89. The highest BCUT2D eigenvalue weighted by Crippen LogP contribution is 2.19. The predicted octanol–water partition coefficient (Wildman–Crippen LogP) is 4.62. The smallest absolute Gasteiger partial charge is 0.193 e. The van der Waals surface area contributed by atoms with Gasteiger partial charge in [-0.25, -0.2) is 0 Å². The molecular weight excluding hydrogens is 320 g/mol. The van der Waals surface area contributed by atoms with Crippen LogP contribution < -0.4 is 9.80 Å². The van der Waals surface area contributed by atoms with Gasteiger partial charge in [0.2, 0.25) is 0 Å². The first-order chi connectivity index (χ1) is 12.5. The second-order valence-corrected chi connectivity index (χ2v) is 6.66. The third kappa shape index (κ3) is 4.12. The van der Waals surface area contributed by atoms with Gasteiger partial charge in [-0.15, -0.1) is 0 Å². The summed E-state index contributed by atoms with van der Waals surface area (Å²) in [5.41, 5.74) is 4.85. The standard InChI is InChI=1S/C23H24N2O/c1-24(2)21-13-9-19(10-14-21)23(26)20-11-15-22(16-12-20)25(3)17-18-7-5-4-6-8-18/h4-16H,17H2,1-3H3. The molecule has 0 radical (unpaired) electrons. The van der Waals surface area contributed by atoms with Crippen LogP contribution in [0.4, 0.5) is 11.4 Å². The van der Waals surface area contributed by atoms with Gasteiger partial charge >= 0.3 is 0 Å². The molecule has 26 heavy (non-hydrogen) atoms. The largest absolute Gasteiger partial charge is 0.378 e. The molecule has 0 aliphatic rings. The molecule has 0 fully saturated rings. The maximum Gasteiger partial charge on any atom is 0.193 e. The van der Waals surface area contributed by atoms with Gasteiger partial charge in [-0.2, -0.15) is 0 Å². The molecule has 0 saturated heterocycles. The summed E-state index contributed by atoms with van der Waals surface area (Å²) >= 11 is 0. The van der Waals surface area contributed by atoms with E-state index in [4.69, 9.17) is 0 Å². The maximum atomic E-state index is 12.7. The molecule has 0 aromatic heterocycles. The number of carbonyl (C=O) groups excluding carboxylic acids is 1. The predicted molar refractivity (Wildman–Crippen MR) is 109 cm³/mol. The molecule has 0 amide bonds. The van der Waals surface area contributed by atoms with E-state index < -0.39 is 0 Å². The average molecular weight is 344 g/mol. The summed E-state index contributed by atoms with van der Waals surface area (Å²) in [4.78, 5) is 16.9. The molecule has 132 valence electrons. The number of nitrogens with zero attached hydrogens (tertiary/aromatic N) is 2. The van der Waals surface area contributed by atoms with Gasteiger partial charge in [-0.05, 0) is 54.1 Å². The van der Waals surface area contributed by atoms with Crippen LogP contribution in [0.15, 0.2) is 78.9 Å². The molecule has 0 bridgehead atoms. The highest BCUT2D eigenvalue weighted by Gasteiger charge is 2.10. The van der Waals surface area contributed by atoms with Crippen molar-refractivity contribution in [3.05, 3.63) is 95.6 Å². The Balaban J connectivity index is 1.71. The van der Waals surface area contributed by atoms with Gasteiger partial charge in [0.25, 0.3) is 0 Å². The molecule has 0 heterocycles. The second-order valence-electron chi connectivity index (χ2n) is 6.66. The van der Waals surface area contributed by atoms with Crippen molar-refractivity contribution < 1.29 is 4.79 Å². The summed E-state index contributed by atoms with van der Waals surface area (Å²) in [5.74, 6) is 0.0487. The molecule has 0 unspecified atom stereocenters. The topological polar surface area (TPSA) is 23.6 Å². The highest BCUT2D eigenvalue weighted by atomic mass is 16.1. The SMILES string of the molecule is CN(C)c1ccc(C(=O)c2ccc(N(C)Cc3ccccc3)cc2)cc1. The molecule has 3 heteroatoms. The molecule has 0 saturated carbocycles. The van der Waals surface area contributed by atoms with Crippen molar-refractivity contribution in [2.75, 3.05) is 30.9 Å². The quantitative estimate of drug-likeness (QED) is 0.610. The third-order valence-corrected chi connectivity index (χ3v) is 4.48. The maximum absolute atomic E-state index is 12.7. The fraction of sp³-hybridized carbons (Fsp3) is 0.174. The normalized spacial score (nSPS) is 10.4. The average Bonchev–Trinajstić information content (AvgIpc) is 2.68. The van der Waals surface area contributed by atoms with E-state index in [0.29, 0.717) is 11.1 Å². The van der Waals surface area contributed by atoms with Gasteiger partial charge in [-0.1, -0.05) is 30.3 Å². The van der Waals surface area contributed by atoms with E-state index in [2.05, 4.69) is 24.1 Å². The monoisotopic (exact) mass is 344 g/mol. The first-order valence-electron chi connectivity index (χ1n) is 8.72. The lowest BCUT2D eigenvalue weighted by Crippen LogP contribution is -2.16. The van der Waals surface area contributed by atoms with E-state index in [1.807, 2.05) is 85.7 Å². The lowest BCUT2D eigenvalue weighted by Gasteiger charge is -2.19. The molecule has 3 nitrogen and oxygen atoms in total. The van der Waals surface area contributed by atoms with Crippen molar-refractivity contribution >= 4 is 17.2 Å². The third-order valence-electron chi connectivity index (χ3n) is 4.48. The van der Waals surface area contributed by atoms with E-state index in [1.165, 1.54) is 5.56 Å². The number of carbonyl (C=O) groups is 1. The van der Waals surface area contributed by atoms with Crippen LogP contribution in [-0.4, -0.2) is 26.9 Å². The summed E-state index contributed by atoms with van der Waals surface area (Å²) < 4.78 is 0. The number of anilines is 2. The fourth-order valence-electron chi connectivity index (χ4n) is 2.89. The Hall–Kier alpha value is -3.07. The molecule has 0 spiro atoms. The van der Waals surface area contributed by atoms with Crippen LogP contribution in [-0.2, 0) is 6.54 Å². The van der Waals surface area contributed by atoms with Crippen molar-refractivity contribution in [1.82, 2.24) is 0 Å². The zero-order valence-corrected chi connectivity index (χ0v) is 15.5. The number of ketones is 1. The molecule has 0 N–H and O–H groups in total. The van der Waals surface area contributed by atoms with Crippen molar-refractivity contribution in [2.45, 2.75) is 6.54 Å². The van der Waals surface area contributed by atoms with E-state index in [1.54, 1.807) is 0 Å². The number of rotatable bonds is 6. The summed E-state index contributed by atoms with van der Waals surface area (Å²) in [6, 6.07) is 25.9. The van der Waals surface area contributed by atoms with Gasteiger partial charge in [0.05, 0.1) is 0 Å². The van der Waals surface area contributed by atoms with Crippen LogP contribution in [0.5, 0.6) is 0 Å². The van der Waals surface area contributed by atoms with Gasteiger partial charge in [0.1, 0.15) is 0 Å². The minimum absolute atomic E-state index is 0.0487. The van der Waals surface area contributed by atoms with Gasteiger partial charge in [0.15, 0.2) is 5.78 Å². The van der Waals surface area contributed by atoms with Crippen LogP contribution >= 0.6 is 0 Å². The van der Waals surface area contributed by atoms with Crippen molar-refractivity contribution in [2.24, 2.45) is 0 Å². The van der Waals surface area contributed by atoms with Crippen molar-refractivity contribution in [3.63, 3.8) is 0 Å². The molecule has 3 aromatic rings. The summed E-state index contributed by atoms with van der Waals surface area (Å²) in [5, 5.41) is 0. The molecular formula is C23H24N2O. The lowest BCUT2D eigenvalue weighted by atomic mass is 10.0. The minimum Gasteiger partial charge on any atom is -0.378 e. The summed E-state index contributed by atoms with van der Waals surface area (Å²) in [6.07, 6.45) is 0. The van der Waals surface area contributed by atoms with Crippen LogP contribution in [0.25, 0.3) is 0 Å². The Bertz CT molecular complexity index is 853. The Morgan fingerprint density at radius 2 is 1.19 bits per heavy atom. The van der Waals surface area contributed by atoms with Crippen molar-refractivity contribution in [3.8, 4) is 0 Å². The van der Waals surface area contributed by atoms with Crippen molar-refractivity contribution in [1.29, 1.82) is 0 Å². The van der Waals surface area contributed by atoms with Crippen LogP contribution in [0.1, 0.15) is 21.5 Å². The molecule has 3 aromatic carbocycles. The second kappa shape index (κ2) is 7.87. The number of hydrogen-bond donors (Lipinski definition) is 0. The molecule has 0 atom stereocenters. The van der Waals surface area contributed by atoms with Gasteiger partial charge in [-0.3, -0.25) is 4.79 Å². The first kappa shape index (κ1) is 17.7. The minimum atomic E-state index is 0.0487. The Morgan fingerprint density at radius 3 is 1.69 bits per heavy atom. The summed E-state index contributed by atoms with van der Waals surface area (Å²) in [6.45, 7) is 0.833. The Labute approximate surface area is 155 Å². The van der Waals surface area contributed by atoms with Gasteiger partial charge in [0, 0.05) is 50.2 Å². The van der Waals surface area contributed by atoms with Gasteiger partial charge < -0.3 is 9.80 Å². The Kier molecular flexibility index (Phi) is 5.37. The molecule has 3 rings (SSSR count). The summed E-state index contributed by atoms with van der Waals surface area (Å²) in [7, 11) is 6.03. The van der Waals surface area contributed by atoms with Crippen LogP contribution in [0.2, 0.25) is 0 Å². The van der Waals surface area contributed by atoms with Crippen LogP contribution in [0.3, 0.4) is 0 Å². The number of benzene rings is 3. The number of hydrogen-bond acceptors (Lipinski definition) is 3. The molecule has 0 aliphatic carbocycles. The van der Waals surface area contributed by atoms with E-state index >= 15 is 0 Å². The highest BCUT2D eigenvalue weighted by molar-refractivity contribution is 6.09.